The molecule has 1 atom stereocenters. The van der Waals surface area contributed by atoms with E-state index in [0.29, 0.717) is 25.7 Å². The minimum Gasteiger partial charge on any atom is -0.481 e. The third-order valence-corrected chi connectivity index (χ3v) is 5.36. The zero-order chi connectivity index (χ0) is 17.8. The van der Waals surface area contributed by atoms with Gasteiger partial charge in [0.1, 0.15) is 5.60 Å². The van der Waals surface area contributed by atoms with Crippen LogP contribution in [0.4, 0.5) is 0 Å². The summed E-state index contributed by atoms with van der Waals surface area (Å²) in [5.74, 6) is -1.23. The molecule has 4 nitrogen and oxygen atoms in total. The first-order valence-electron chi connectivity index (χ1n) is 9.97. The Balaban J connectivity index is 2.41. The smallest absolute Gasteiger partial charge is 0.306 e. The third kappa shape index (κ3) is 7.67. The van der Waals surface area contributed by atoms with Gasteiger partial charge >= 0.3 is 11.9 Å². The number of carbonyl (C=O) groups is 2. The zero-order valence-corrected chi connectivity index (χ0v) is 15.6. The van der Waals surface area contributed by atoms with Gasteiger partial charge in [0, 0.05) is 6.42 Å². The van der Waals surface area contributed by atoms with Gasteiger partial charge in [-0.1, -0.05) is 39.5 Å². The van der Waals surface area contributed by atoms with Crippen LogP contribution in [-0.2, 0) is 14.3 Å². The molecule has 0 amide bonds. The number of carboxylic acids is 1. The van der Waals surface area contributed by atoms with Crippen molar-refractivity contribution >= 4 is 11.9 Å². The molecule has 140 valence electrons. The van der Waals surface area contributed by atoms with Crippen molar-refractivity contribution in [2.75, 3.05) is 0 Å². The summed E-state index contributed by atoms with van der Waals surface area (Å²) in [5, 5.41) is 9.07. The van der Waals surface area contributed by atoms with Gasteiger partial charge in [-0.05, 0) is 57.8 Å². The van der Waals surface area contributed by atoms with E-state index in [1.807, 2.05) is 6.92 Å². The van der Waals surface area contributed by atoms with Gasteiger partial charge in [-0.2, -0.15) is 0 Å². The molecular weight excluding hydrogens is 304 g/mol. The van der Waals surface area contributed by atoms with E-state index >= 15 is 0 Å². The standard InChI is InChI=1S/C20H36O4/c1-3-5-6-8-14-20(15-9-7-10-16-20)24-18(21)13-11-12-17(4-2)19(22)23/h17H,3-16H2,1-2H3,(H,22,23). The minimum atomic E-state index is -0.759. The number of aliphatic carboxylic acids is 1. The van der Waals surface area contributed by atoms with E-state index < -0.39 is 5.97 Å². The lowest BCUT2D eigenvalue weighted by Gasteiger charge is -2.37. The SMILES string of the molecule is CCCCCCC1(OC(=O)CCCC(CC)C(=O)O)CCCCC1. The second-order valence-electron chi connectivity index (χ2n) is 7.36. The summed E-state index contributed by atoms with van der Waals surface area (Å²) in [4.78, 5) is 23.3. The average molecular weight is 341 g/mol. The fraction of sp³-hybridized carbons (Fsp3) is 0.900. The molecule has 0 aromatic carbocycles. The second kappa shape index (κ2) is 11.5. The van der Waals surface area contributed by atoms with Crippen LogP contribution in [-0.4, -0.2) is 22.6 Å². The van der Waals surface area contributed by atoms with Crippen LogP contribution in [0.2, 0.25) is 0 Å². The van der Waals surface area contributed by atoms with Crippen LogP contribution in [0, 0.1) is 5.92 Å². The molecule has 1 aliphatic rings. The number of ether oxygens (including phenoxy) is 1. The summed E-state index contributed by atoms with van der Waals surface area (Å²) in [6.45, 7) is 4.08. The van der Waals surface area contributed by atoms with Gasteiger partial charge in [-0.15, -0.1) is 0 Å². The van der Waals surface area contributed by atoms with Gasteiger partial charge in [0.2, 0.25) is 0 Å². The molecule has 1 fully saturated rings. The van der Waals surface area contributed by atoms with Crippen molar-refractivity contribution in [3.63, 3.8) is 0 Å². The van der Waals surface area contributed by atoms with E-state index in [1.54, 1.807) is 0 Å². The van der Waals surface area contributed by atoms with Gasteiger partial charge in [0.05, 0.1) is 5.92 Å². The summed E-state index contributed by atoms with van der Waals surface area (Å²) in [6.07, 6.45) is 13.5. The summed E-state index contributed by atoms with van der Waals surface area (Å²) in [6, 6.07) is 0. The van der Waals surface area contributed by atoms with Gasteiger partial charge in [0.15, 0.2) is 0 Å². The largest absolute Gasteiger partial charge is 0.481 e. The summed E-state index contributed by atoms with van der Waals surface area (Å²) >= 11 is 0. The fourth-order valence-electron chi connectivity index (χ4n) is 3.76. The maximum absolute atomic E-state index is 12.3. The molecule has 1 N–H and O–H groups in total. The summed E-state index contributed by atoms with van der Waals surface area (Å²) in [5.41, 5.74) is -0.236. The van der Waals surface area contributed by atoms with E-state index in [9.17, 15) is 9.59 Å². The monoisotopic (exact) mass is 340 g/mol. The number of hydrogen-bond acceptors (Lipinski definition) is 3. The highest BCUT2D eigenvalue weighted by Crippen LogP contribution is 2.36. The second-order valence-corrected chi connectivity index (χ2v) is 7.36. The molecule has 1 rings (SSSR count). The Kier molecular flexibility index (Phi) is 10.0. The van der Waals surface area contributed by atoms with Crippen molar-refractivity contribution in [2.24, 2.45) is 5.92 Å². The predicted molar refractivity (Wildman–Crippen MR) is 95.9 cm³/mol. The number of carboxylic acid groups (broad SMARTS) is 1. The summed E-state index contributed by atoms with van der Waals surface area (Å²) < 4.78 is 5.95. The Hall–Kier alpha value is -1.06. The number of unbranched alkanes of at least 4 members (excludes halogenated alkanes) is 3. The quantitative estimate of drug-likeness (QED) is 0.377. The molecular formula is C20H36O4. The maximum Gasteiger partial charge on any atom is 0.306 e. The van der Waals surface area contributed by atoms with Crippen molar-refractivity contribution in [3.05, 3.63) is 0 Å². The highest BCUT2D eigenvalue weighted by atomic mass is 16.6. The van der Waals surface area contributed by atoms with Crippen LogP contribution in [0.3, 0.4) is 0 Å². The molecule has 4 heteroatoms. The molecule has 0 aromatic rings. The number of carbonyl (C=O) groups excluding carboxylic acids is 1. The first-order chi connectivity index (χ1) is 11.5. The van der Waals surface area contributed by atoms with Crippen molar-refractivity contribution in [2.45, 2.75) is 109 Å². The Morgan fingerprint density at radius 3 is 2.33 bits per heavy atom. The first kappa shape index (κ1) is 21.0. The van der Waals surface area contributed by atoms with Crippen molar-refractivity contribution in [3.8, 4) is 0 Å². The van der Waals surface area contributed by atoms with Gasteiger partial charge in [0.25, 0.3) is 0 Å². The Morgan fingerprint density at radius 2 is 1.75 bits per heavy atom. The Bertz CT molecular complexity index is 372. The van der Waals surface area contributed by atoms with Crippen LogP contribution in [0.5, 0.6) is 0 Å². The van der Waals surface area contributed by atoms with Gasteiger partial charge in [-0.25, -0.2) is 0 Å². The molecule has 0 saturated heterocycles. The Morgan fingerprint density at radius 1 is 1.04 bits per heavy atom. The number of esters is 1. The minimum absolute atomic E-state index is 0.132. The maximum atomic E-state index is 12.3. The Labute approximate surface area is 147 Å². The molecule has 0 heterocycles. The predicted octanol–water partition coefficient (Wildman–Crippen LogP) is 5.48. The lowest BCUT2D eigenvalue weighted by molar-refractivity contribution is -0.165. The van der Waals surface area contributed by atoms with Crippen molar-refractivity contribution in [1.82, 2.24) is 0 Å². The molecule has 0 radical (unpaired) electrons. The molecule has 0 aromatic heterocycles. The highest BCUT2D eigenvalue weighted by Gasteiger charge is 2.35. The summed E-state index contributed by atoms with van der Waals surface area (Å²) in [7, 11) is 0. The van der Waals surface area contributed by atoms with E-state index in [4.69, 9.17) is 9.84 Å². The molecule has 1 unspecified atom stereocenters. The van der Waals surface area contributed by atoms with Crippen molar-refractivity contribution in [1.29, 1.82) is 0 Å². The topological polar surface area (TPSA) is 63.6 Å². The normalized spacial score (nSPS) is 18.1. The highest BCUT2D eigenvalue weighted by molar-refractivity contribution is 5.71. The molecule has 1 aliphatic carbocycles. The third-order valence-electron chi connectivity index (χ3n) is 5.36. The van der Waals surface area contributed by atoms with E-state index in [0.717, 1.165) is 38.5 Å². The average Bonchev–Trinajstić information content (AvgIpc) is 2.56. The molecule has 1 saturated carbocycles. The molecule has 0 aliphatic heterocycles. The van der Waals surface area contributed by atoms with E-state index in [1.165, 1.54) is 25.7 Å². The molecule has 0 bridgehead atoms. The van der Waals surface area contributed by atoms with Gasteiger partial charge in [-0.3, -0.25) is 9.59 Å². The zero-order valence-electron chi connectivity index (χ0n) is 15.6. The fourth-order valence-corrected chi connectivity index (χ4v) is 3.76. The van der Waals surface area contributed by atoms with Crippen LogP contribution in [0.1, 0.15) is 104 Å². The lowest BCUT2D eigenvalue weighted by atomic mass is 9.81. The number of hydrogen-bond donors (Lipinski definition) is 1. The van der Waals surface area contributed by atoms with Gasteiger partial charge < -0.3 is 9.84 Å². The van der Waals surface area contributed by atoms with Crippen LogP contribution < -0.4 is 0 Å². The number of rotatable bonds is 12. The van der Waals surface area contributed by atoms with E-state index in [-0.39, 0.29) is 17.5 Å². The van der Waals surface area contributed by atoms with Crippen molar-refractivity contribution < 1.29 is 19.4 Å². The lowest BCUT2D eigenvalue weighted by Crippen LogP contribution is -2.37. The van der Waals surface area contributed by atoms with Crippen LogP contribution >= 0.6 is 0 Å². The van der Waals surface area contributed by atoms with Crippen LogP contribution in [0.15, 0.2) is 0 Å². The first-order valence-corrected chi connectivity index (χ1v) is 9.97. The van der Waals surface area contributed by atoms with Crippen LogP contribution in [0.25, 0.3) is 0 Å². The molecule has 24 heavy (non-hydrogen) atoms. The van der Waals surface area contributed by atoms with E-state index in [2.05, 4.69) is 6.92 Å². The molecule has 0 spiro atoms.